The first-order valence-corrected chi connectivity index (χ1v) is 12.4. The number of nitrogens with two attached hydrogens (primary N) is 1. The molecule has 0 aromatic heterocycles. The number of carbonyl (C=O) groups excluding carboxylic acids is 1. The van der Waals surface area contributed by atoms with Crippen LogP contribution in [0.15, 0.2) is 0 Å². The number of nitrogens with zero attached hydrogens (tertiary/aromatic N) is 1. The predicted molar refractivity (Wildman–Crippen MR) is 97.1 cm³/mol. The zero-order chi connectivity index (χ0) is 17.4. The topological polar surface area (TPSA) is 85.0 Å². The third kappa shape index (κ3) is 4.36. The van der Waals surface area contributed by atoms with Gasteiger partial charge in [-0.2, -0.15) is 0 Å². The molecule has 1 heterocycles. The molecule has 2 rings (SSSR count). The summed E-state index contributed by atoms with van der Waals surface area (Å²) in [5, 5.41) is 9.79. The van der Waals surface area contributed by atoms with E-state index >= 15 is 0 Å². The van der Waals surface area contributed by atoms with Gasteiger partial charge in [0.05, 0.1) is 0 Å². The van der Waals surface area contributed by atoms with Gasteiger partial charge in [0.25, 0.3) is 0 Å². The van der Waals surface area contributed by atoms with Gasteiger partial charge in [0, 0.05) is 0 Å². The molecule has 1 saturated heterocycles. The van der Waals surface area contributed by atoms with Crippen LogP contribution in [0.2, 0.25) is 0 Å². The van der Waals surface area contributed by atoms with Gasteiger partial charge in [0.2, 0.25) is 0 Å². The molecule has 3 N–H and O–H groups in total. The Morgan fingerprint density at radius 1 is 1.48 bits per heavy atom. The van der Waals surface area contributed by atoms with Crippen molar-refractivity contribution in [3.8, 4) is 0 Å². The molecular weight excluding hydrogens is 411 g/mol. The fourth-order valence-electron chi connectivity index (χ4n) is 3.38. The first kappa shape index (κ1) is 19.4. The summed E-state index contributed by atoms with van der Waals surface area (Å²) >= 11 is -1.55. The number of ether oxygens (including phenoxy) is 1. The van der Waals surface area contributed by atoms with Crippen LogP contribution < -0.4 is 5.73 Å². The van der Waals surface area contributed by atoms with E-state index in [4.69, 9.17) is 15.3 Å². The molecule has 0 aromatic rings. The van der Waals surface area contributed by atoms with Gasteiger partial charge in [0.15, 0.2) is 0 Å². The number of halogens is 1. The van der Waals surface area contributed by atoms with E-state index in [0.29, 0.717) is 6.61 Å². The van der Waals surface area contributed by atoms with E-state index in [-0.39, 0.29) is 41.3 Å². The zero-order valence-electron chi connectivity index (χ0n) is 14.8. The maximum absolute atomic E-state index is 12.3. The SMILES string of the molecule is CCC(COC(=O)C1C(N)C1C(C)(C)C)C1CI(CC)N(O)O1. The molecule has 0 aromatic carbocycles. The minimum atomic E-state index is -1.55. The fourth-order valence-corrected chi connectivity index (χ4v) is 7.42. The van der Waals surface area contributed by atoms with Crippen molar-refractivity contribution in [1.29, 1.82) is 0 Å². The predicted octanol–water partition coefficient (Wildman–Crippen LogP) is 2.62. The van der Waals surface area contributed by atoms with Crippen LogP contribution in [-0.2, 0) is 14.4 Å². The molecule has 1 aliphatic carbocycles. The summed E-state index contributed by atoms with van der Waals surface area (Å²) in [5.74, 6) is -0.0278. The van der Waals surface area contributed by atoms with Gasteiger partial charge in [-0.25, -0.2) is 0 Å². The standard InChI is InChI=1S/C16H31IN2O4/c1-6-10(11-8-17(7-2)19(21)23-11)9-22-15(20)12-13(14(12)18)16(3,4)5/h10-14,21H,6-9,18H2,1-5H3. The second-order valence-corrected chi connectivity index (χ2v) is 13.2. The molecule has 136 valence electrons. The van der Waals surface area contributed by atoms with E-state index in [1.807, 2.05) is 0 Å². The molecule has 1 aliphatic heterocycles. The molecule has 7 heteroatoms. The number of carbonyl (C=O) groups is 1. The Bertz CT molecular complexity index is 429. The first-order chi connectivity index (χ1) is 10.7. The number of rotatable bonds is 6. The van der Waals surface area contributed by atoms with Crippen molar-refractivity contribution >= 4 is 26.1 Å². The first-order valence-electron chi connectivity index (χ1n) is 8.40. The summed E-state index contributed by atoms with van der Waals surface area (Å²) in [6.07, 6.45) is 0.827. The molecular formula is C16H31IN2O4. The average molecular weight is 442 g/mol. The Labute approximate surface area is 146 Å². The second kappa shape index (κ2) is 7.51. The second-order valence-electron chi connectivity index (χ2n) is 7.51. The molecule has 23 heavy (non-hydrogen) atoms. The fraction of sp³-hybridized carbons (Fsp3) is 0.938. The van der Waals surface area contributed by atoms with Crippen molar-refractivity contribution in [2.45, 2.75) is 53.2 Å². The summed E-state index contributed by atoms with van der Waals surface area (Å²) in [4.78, 5) is 17.9. The molecule has 0 amide bonds. The van der Waals surface area contributed by atoms with E-state index in [9.17, 15) is 10.0 Å². The van der Waals surface area contributed by atoms with Gasteiger partial charge in [-0.3, -0.25) is 0 Å². The van der Waals surface area contributed by atoms with Crippen LogP contribution in [0.3, 0.4) is 0 Å². The number of alkyl halides is 2. The van der Waals surface area contributed by atoms with Crippen LogP contribution >= 0.6 is 20.1 Å². The Morgan fingerprint density at radius 3 is 2.57 bits per heavy atom. The summed E-state index contributed by atoms with van der Waals surface area (Å²) in [5.41, 5.74) is 6.08. The molecule has 0 spiro atoms. The van der Waals surface area contributed by atoms with Crippen molar-refractivity contribution in [2.75, 3.05) is 15.5 Å². The average Bonchev–Trinajstić information content (AvgIpc) is 3.02. The van der Waals surface area contributed by atoms with E-state index in [2.05, 4.69) is 34.6 Å². The van der Waals surface area contributed by atoms with Gasteiger partial charge < -0.3 is 0 Å². The summed E-state index contributed by atoms with van der Waals surface area (Å²) in [6, 6.07) is -0.0870. The summed E-state index contributed by atoms with van der Waals surface area (Å²) in [6.45, 7) is 10.8. The van der Waals surface area contributed by atoms with Crippen molar-refractivity contribution in [2.24, 2.45) is 28.9 Å². The van der Waals surface area contributed by atoms with E-state index in [1.54, 1.807) is 0 Å². The van der Waals surface area contributed by atoms with Crippen LogP contribution in [0.5, 0.6) is 0 Å². The van der Waals surface area contributed by atoms with Gasteiger partial charge in [-0.1, -0.05) is 0 Å². The van der Waals surface area contributed by atoms with Gasteiger partial charge >= 0.3 is 147 Å². The minimum absolute atomic E-state index is 0.0277. The maximum atomic E-state index is 12.3. The summed E-state index contributed by atoms with van der Waals surface area (Å²) in [7, 11) is 0. The summed E-state index contributed by atoms with van der Waals surface area (Å²) < 4.78 is 8.57. The van der Waals surface area contributed by atoms with Crippen LogP contribution in [0.1, 0.15) is 41.0 Å². The molecule has 6 nitrogen and oxygen atoms in total. The third-order valence-electron chi connectivity index (χ3n) is 4.90. The molecule has 5 atom stereocenters. The molecule has 0 bridgehead atoms. The van der Waals surface area contributed by atoms with Crippen LogP contribution in [0.4, 0.5) is 0 Å². The number of hydrogen-bond donors (Lipinski definition) is 2. The molecule has 5 unspecified atom stereocenters. The molecule has 0 radical (unpaired) electrons. The van der Waals surface area contributed by atoms with Gasteiger partial charge in [-0.05, 0) is 0 Å². The van der Waals surface area contributed by atoms with Crippen LogP contribution in [-0.4, -0.2) is 42.2 Å². The molecule has 2 aliphatic rings. The van der Waals surface area contributed by atoms with Crippen molar-refractivity contribution < 1.29 is 19.6 Å². The van der Waals surface area contributed by atoms with Crippen molar-refractivity contribution in [3.05, 3.63) is 0 Å². The Kier molecular flexibility index (Phi) is 6.32. The molecule has 2 fully saturated rings. The van der Waals surface area contributed by atoms with E-state index < -0.39 is 20.1 Å². The normalized spacial score (nSPS) is 34.5. The van der Waals surface area contributed by atoms with E-state index in [0.717, 1.165) is 18.7 Å². The van der Waals surface area contributed by atoms with Gasteiger partial charge in [0.1, 0.15) is 0 Å². The number of esters is 1. The Morgan fingerprint density at radius 2 is 2.13 bits per heavy atom. The Hall–Kier alpha value is 0.0400. The van der Waals surface area contributed by atoms with Crippen LogP contribution in [0, 0.1) is 23.2 Å². The third-order valence-corrected chi connectivity index (χ3v) is 9.94. The Balaban J connectivity index is 1.84. The monoisotopic (exact) mass is 442 g/mol. The quantitative estimate of drug-likeness (QED) is 0.285. The van der Waals surface area contributed by atoms with Crippen molar-refractivity contribution in [3.63, 3.8) is 0 Å². The van der Waals surface area contributed by atoms with Gasteiger partial charge in [-0.15, -0.1) is 0 Å². The van der Waals surface area contributed by atoms with E-state index in [1.165, 1.54) is 0 Å². The molecule has 1 saturated carbocycles. The number of hydrogen-bond acceptors (Lipinski definition) is 6. The van der Waals surface area contributed by atoms with Crippen molar-refractivity contribution in [1.82, 2.24) is 3.44 Å². The zero-order valence-corrected chi connectivity index (χ0v) is 16.9. The van der Waals surface area contributed by atoms with Crippen LogP contribution in [0.25, 0.3) is 0 Å².